The highest BCUT2D eigenvalue weighted by Crippen LogP contribution is 2.26. The second-order valence-corrected chi connectivity index (χ2v) is 9.54. The van der Waals surface area contributed by atoms with Gasteiger partial charge < -0.3 is 10.2 Å². The van der Waals surface area contributed by atoms with E-state index in [9.17, 15) is 9.59 Å². The third-order valence-corrected chi connectivity index (χ3v) is 6.54. The molecule has 4 rings (SSSR count). The van der Waals surface area contributed by atoms with Crippen molar-refractivity contribution >= 4 is 23.4 Å². The Labute approximate surface area is 205 Å². The second-order valence-electron chi connectivity index (χ2n) is 9.11. The van der Waals surface area contributed by atoms with Gasteiger partial charge in [-0.25, -0.2) is 4.68 Å². The average Bonchev–Trinajstić information content (AvgIpc) is 3.29. The summed E-state index contributed by atoms with van der Waals surface area (Å²) in [4.78, 5) is 27.6. The molecule has 1 aromatic heterocycles. The minimum atomic E-state index is -0.00207. The summed E-state index contributed by atoms with van der Waals surface area (Å²) in [7, 11) is 0. The van der Waals surface area contributed by atoms with Gasteiger partial charge in [-0.15, -0.1) is 0 Å². The third-order valence-electron chi connectivity index (χ3n) is 6.29. The number of hydrogen-bond donors (Lipinski definition) is 1. The molecule has 0 aliphatic carbocycles. The summed E-state index contributed by atoms with van der Waals surface area (Å²) in [6.45, 7) is 5.37. The van der Waals surface area contributed by atoms with E-state index >= 15 is 0 Å². The summed E-state index contributed by atoms with van der Waals surface area (Å²) in [5.74, 6) is 0.191. The monoisotopic (exact) mass is 478 g/mol. The van der Waals surface area contributed by atoms with Crippen molar-refractivity contribution in [1.29, 1.82) is 0 Å². The van der Waals surface area contributed by atoms with Gasteiger partial charge in [0.15, 0.2) is 0 Å². The number of likely N-dealkylation sites (tertiary alicyclic amines) is 1. The van der Waals surface area contributed by atoms with Crippen LogP contribution in [0.15, 0.2) is 60.8 Å². The van der Waals surface area contributed by atoms with Gasteiger partial charge in [0, 0.05) is 30.6 Å². The van der Waals surface area contributed by atoms with E-state index in [2.05, 4.69) is 24.3 Å². The number of piperidine rings is 1. The van der Waals surface area contributed by atoms with Crippen molar-refractivity contribution in [2.24, 2.45) is 0 Å². The van der Waals surface area contributed by atoms with E-state index < -0.39 is 0 Å². The number of nitrogens with one attached hydrogen (secondary N) is 1. The number of nitrogens with zero attached hydrogens (tertiary/aromatic N) is 3. The molecule has 1 aliphatic rings. The molecule has 0 unspecified atom stereocenters. The van der Waals surface area contributed by atoms with Crippen LogP contribution in [0.25, 0.3) is 5.69 Å². The largest absolute Gasteiger partial charge is 0.353 e. The number of benzene rings is 2. The fourth-order valence-electron chi connectivity index (χ4n) is 4.47. The number of rotatable bonds is 7. The summed E-state index contributed by atoms with van der Waals surface area (Å²) in [6.07, 6.45) is 4.39. The zero-order chi connectivity index (χ0) is 24.1. The van der Waals surface area contributed by atoms with Crippen LogP contribution in [0.3, 0.4) is 0 Å². The Kier molecular flexibility index (Phi) is 7.68. The smallest absolute Gasteiger partial charge is 0.257 e. The average molecular weight is 479 g/mol. The Morgan fingerprint density at radius 3 is 2.38 bits per heavy atom. The van der Waals surface area contributed by atoms with Crippen LogP contribution in [0.5, 0.6) is 0 Å². The molecule has 1 saturated heterocycles. The Balaban J connectivity index is 1.35. The van der Waals surface area contributed by atoms with Gasteiger partial charge in [-0.3, -0.25) is 9.59 Å². The fraction of sp³-hybridized carbons (Fsp3) is 0.370. The lowest BCUT2D eigenvalue weighted by Gasteiger charge is -2.32. The molecule has 2 amide bonds. The number of hydrogen-bond acceptors (Lipinski definition) is 3. The van der Waals surface area contributed by atoms with Gasteiger partial charge in [-0.05, 0) is 55.0 Å². The van der Waals surface area contributed by atoms with Crippen molar-refractivity contribution in [2.45, 2.75) is 51.5 Å². The van der Waals surface area contributed by atoms with Gasteiger partial charge in [-0.2, -0.15) is 5.10 Å². The number of amides is 2. The molecule has 0 spiro atoms. The van der Waals surface area contributed by atoms with Crippen molar-refractivity contribution in [3.05, 3.63) is 82.6 Å². The van der Waals surface area contributed by atoms with Gasteiger partial charge >= 0.3 is 0 Å². The molecule has 1 N–H and O–H groups in total. The molecule has 6 nitrogen and oxygen atoms in total. The number of aryl methyl sites for hydroxylation is 1. The van der Waals surface area contributed by atoms with Crippen LogP contribution < -0.4 is 5.32 Å². The SMILES string of the molecule is CC(C)c1c(C(=O)N2CCC(NC(=O)CCc3ccccc3)CC2)cnn1-c1ccc(Cl)cc1. The lowest BCUT2D eigenvalue weighted by Crippen LogP contribution is -2.46. The molecule has 1 fully saturated rings. The molecular formula is C27H31ClN4O2. The topological polar surface area (TPSA) is 67.2 Å². The van der Waals surface area contributed by atoms with Crippen molar-refractivity contribution in [3.63, 3.8) is 0 Å². The lowest BCUT2D eigenvalue weighted by molar-refractivity contribution is -0.122. The van der Waals surface area contributed by atoms with Crippen LogP contribution in [-0.2, 0) is 11.2 Å². The first-order valence-corrected chi connectivity index (χ1v) is 12.3. The first kappa shape index (κ1) is 24.0. The van der Waals surface area contributed by atoms with E-state index in [4.69, 9.17) is 11.6 Å². The Morgan fingerprint density at radius 2 is 1.74 bits per heavy atom. The highest BCUT2D eigenvalue weighted by Gasteiger charge is 2.28. The molecule has 0 atom stereocenters. The van der Waals surface area contributed by atoms with E-state index in [0.717, 1.165) is 36.2 Å². The van der Waals surface area contributed by atoms with E-state index in [1.807, 2.05) is 64.2 Å². The standard InChI is InChI=1S/C27H31ClN4O2/c1-19(2)26-24(18-29-32(26)23-11-9-21(28)10-12-23)27(34)31-16-14-22(15-17-31)30-25(33)13-8-20-6-4-3-5-7-20/h3-7,9-12,18-19,22H,8,13-17H2,1-2H3,(H,30,33). The molecular weight excluding hydrogens is 448 g/mol. The summed E-state index contributed by atoms with van der Waals surface area (Å²) in [5.41, 5.74) is 3.57. The summed E-state index contributed by atoms with van der Waals surface area (Å²) in [6, 6.07) is 17.6. The van der Waals surface area contributed by atoms with Crippen LogP contribution in [-0.4, -0.2) is 45.6 Å². The van der Waals surface area contributed by atoms with Crippen molar-refractivity contribution in [1.82, 2.24) is 20.0 Å². The van der Waals surface area contributed by atoms with E-state index in [1.54, 1.807) is 6.20 Å². The molecule has 2 aromatic carbocycles. The molecule has 3 aromatic rings. The summed E-state index contributed by atoms with van der Waals surface area (Å²) < 4.78 is 1.83. The lowest BCUT2D eigenvalue weighted by atomic mass is 10.0. The summed E-state index contributed by atoms with van der Waals surface area (Å²) >= 11 is 6.03. The van der Waals surface area contributed by atoms with Crippen LogP contribution in [0.2, 0.25) is 5.02 Å². The molecule has 0 bridgehead atoms. The van der Waals surface area contributed by atoms with Gasteiger partial charge in [0.2, 0.25) is 5.91 Å². The molecule has 1 aliphatic heterocycles. The number of carbonyl (C=O) groups excluding carboxylic acids is 2. The highest BCUT2D eigenvalue weighted by molar-refractivity contribution is 6.30. The molecule has 0 radical (unpaired) electrons. The van der Waals surface area contributed by atoms with Crippen molar-refractivity contribution in [2.75, 3.05) is 13.1 Å². The highest BCUT2D eigenvalue weighted by atomic mass is 35.5. The van der Waals surface area contributed by atoms with E-state index in [1.165, 1.54) is 0 Å². The van der Waals surface area contributed by atoms with Crippen LogP contribution >= 0.6 is 11.6 Å². The van der Waals surface area contributed by atoms with Gasteiger partial charge in [0.1, 0.15) is 0 Å². The molecule has 0 saturated carbocycles. The van der Waals surface area contributed by atoms with Gasteiger partial charge in [-0.1, -0.05) is 55.8 Å². The molecule has 34 heavy (non-hydrogen) atoms. The zero-order valence-electron chi connectivity index (χ0n) is 19.7. The zero-order valence-corrected chi connectivity index (χ0v) is 20.5. The minimum absolute atomic E-state index is 0.00207. The quantitative estimate of drug-likeness (QED) is 0.519. The number of aromatic nitrogens is 2. The normalized spacial score (nSPS) is 14.4. The summed E-state index contributed by atoms with van der Waals surface area (Å²) in [5, 5.41) is 8.33. The van der Waals surface area contributed by atoms with Crippen LogP contribution in [0, 0.1) is 0 Å². The van der Waals surface area contributed by atoms with E-state index in [0.29, 0.717) is 30.1 Å². The maximum absolute atomic E-state index is 13.4. The van der Waals surface area contributed by atoms with Crippen LogP contribution in [0.1, 0.15) is 60.6 Å². The first-order chi connectivity index (χ1) is 16.4. The second kappa shape index (κ2) is 10.9. The Hall–Kier alpha value is -3.12. The predicted octanol–water partition coefficient (Wildman–Crippen LogP) is 5.00. The van der Waals surface area contributed by atoms with Crippen molar-refractivity contribution in [3.8, 4) is 5.69 Å². The Morgan fingerprint density at radius 1 is 1.06 bits per heavy atom. The molecule has 178 valence electrons. The maximum atomic E-state index is 13.4. The predicted molar refractivity (Wildman–Crippen MR) is 134 cm³/mol. The van der Waals surface area contributed by atoms with Crippen molar-refractivity contribution < 1.29 is 9.59 Å². The maximum Gasteiger partial charge on any atom is 0.257 e. The third kappa shape index (κ3) is 5.68. The molecule has 7 heteroatoms. The van der Waals surface area contributed by atoms with Gasteiger partial charge in [0.05, 0.1) is 23.1 Å². The fourth-order valence-corrected chi connectivity index (χ4v) is 4.59. The number of halogens is 1. The molecule has 2 heterocycles. The minimum Gasteiger partial charge on any atom is -0.353 e. The van der Waals surface area contributed by atoms with Crippen LogP contribution in [0.4, 0.5) is 0 Å². The van der Waals surface area contributed by atoms with Gasteiger partial charge in [0.25, 0.3) is 5.91 Å². The first-order valence-electron chi connectivity index (χ1n) is 11.9. The Bertz CT molecular complexity index is 1120. The van der Waals surface area contributed by atoms with E-state index in [-0.39, 0.29) is 23.8 Å². The number of carbonyl (C=O) groups is 2.